The standard InChI is InChI=1S/C7H13NSeSi/c1-10(2,3)6-4-5-9-7-8/h4,6H,5H2,1-3H3/b6-4+. The van der Waals surface area contributed by atoms with Crippen LogP contribution in [-0.2, 0) is 0 Å². The second-order valence-corrected chi connectivity index (χ2v) is 9.92. The van der Waals surface area contributed by atoms with Gasteiger partial charge in [-0.2, -0.15) is 0 Å². The Morgan fingerprint density at radius 1 is 1.50 bits per heavy atom. The molecule has 0 aliphatic carbocycles. The van der Waals surface area contributed by atoms with E-state index >= 15 is 0 Å². The fraction of sp³-hybridized carbons (Fsp3) is 0.571. The Kier molecular flexibility index (Phi) is 4.72. The van der Waals surface area contributed by atoms with Crippen molar-refractivity contribution >= 4 is 23.0 Å². The Morgan fingerprint density at radius 2 is 2.10 bits per heavy atom. The molecule has 0 atom stereocenters. The molecule has 1 nitrogen and oxygen atoms in total. The van der Waals surface area contributed by atoms with Gasteiger partial charge < -0.3 is 0 Å². The quantitative estimate of drug-likeness (QED) is 0.525. The fourth-order valence-electron chi connectivity index (χ4n) is 0.487. The molecule has 0 heterocycles. The van der Waals surface area contributed by atoms with E-state index in [-0.39, 0.29) is 15.0 Å². The van der Waals surface area contributed by atoms with Gasteiger partial charge in [0.1, 0.15) is 0 Å². The van der Waals surface area contributed by atoms with Gasteiger partial charge in [-0.15, -0.1) is 0 Å². The minimum atomic E-state index is -0.987. The van der Waals surface area contributed by atoms with Crippen molar-refractivity contribution in [1.82, 2.24) is 0 Å². The van der Waals surface area contributed by atoms with Crippen molar-refractivity contribution < 1.29 is 0 Å². The molecule has 0 spiro atoms. The van der Waals surface area contributed by atoms with Gasteiger partial charge in [-0.3, -0.25) is 0 Å². The van der Waals surface area contributed by atoms with Crippen molar-refractivity contribution in [3.8, 4) is 4.97 Å². The number of nitriles is 1. The van der Waals surface area contributed by atoms with E-state index < -0.39 is 8.07 Å². The summed E-state index contributed by atoms with van der Waals surface area (Å²) in [4.78, 5) is 2.18. The van der Waals surface area contributed by atoms with Crippen LogP contribution in [0.5, 0.6) is 0 Å². The summed E-state index contributed by atoms with van der Waals surface area (Å²) in [6, 6.07) is 0. The van der Waals surface area contributed by atoms with Crippen LogP contribution < -0.4 is 0 Å². The Labute approximate surface area is 70.3 Å². The van der Waals surface area contributed by atoms with Gasteiger partial charge in [0, 0.05) is 0 Å². The monoisotopic (exact) mass is 219 g/mol. The van der Waals surface area contributed by atoms with Crippen LogP contribution in [0.25, 0.3) is 0 Å². The summed E-state index contributed by atoms with van der Waals surface area (Å²) in [5.74, 6) is 0. The SMILES string of the molecule is C[Si](C)(C)/C=C/C[Se]C#N. The Bertz CT molecular complexity index is 152. The van der Waals surface area contributed by atoms with E-state index in [9.17, 15) is 0 Å². The van der Waals surface area contributed by atoms with E-state index in [2.05, 4.69) is 36.4 Å². The first-order chi connectivity index (χ1) is 4.56. The Morgan fingerprint density at radius 3 is 2.50 bits per heavy atom. The van der Waals surface area contributed by atoms with Crippen LogP contribution in [0.4, 0.5) is 0 Å². The molecular weight excluding hydrogens is 205 g/mol. The second-order valence-electron chi connectivity index (χ2n) is 3.17. The van der Waals surface area contributed by atoms with Crippen molar-refractivity contribution in [1.29, 1.82) is 5.26 Å². The zero-order valence-electron chi connectivity index (χ0n) is 6.72. The van der Waals surface area contributed by atoms with Crippen molar-refractivity contribution in [3.05, 3.63) is 11.8 Å². The van der Waals surface area contributed by atoms with Gasteiger partial charge in [0.2, 0.25) is 0 Å². The van der Waals surface area contributed by atoms with Gasteiger partial charge in [0.15, 0.2) is 0 Å². The predicted molar refractivity (Wildman–Crippen MR) is 48.7 cm³/mol. The molecule has 10 heavy (non-hydrogen) atoms. The molecule has 0 rings (SSSR count). The summed E-state index contributed by atoms with van der Waals surface area (Å²) < 4.78 is 0. The van der Waals surface area contributed by atoms with Crippen molar-refractivity contribution in [2.24, 2.45) is 0 Å². The third-order valence-electron chi connectivity index (χ3n) is 0.862. The molecule has 0 saturated heterocycles. The second kappa shape index (κ2) is 4.73. The van der Waals surface area contributed by atoms with Gasteiger partial charge in [0.05, 0.1) is 0 Å². The molecule has 0 bridgehead atoms. The summed E-state index contributed by atoms with van der Waals surface area (Å²) in [7, 11) is -0.987. The minimum absolute atomic E-state index is 0.177. The van der Waals surface area contributed by atoms with E-state index in [1.54, 1.807) is 0 Å². The van der Waals surface area contributed by atoms with Crippen LogP contribution in [0.15, 0.2) is 11.8 Å². The van der Waals surface area contributed by atoms with E-state index in [0.29, 0.717) is 0 Å². The van der Waals surface area contributed by atoms with Crippen molar-refractivity contribution in [3.63, 3.8) is 0 Å². The molecule has 0 aliphatic heterocycles. The first kappa shape index (κ1) is 9.97. The molecule has 0 radical (unpaired) electrons. The van der Waals surface area contributed by atoms with Crippen molar-refractivity contribution in [2.75, 3.05) is 0 Å². The summed E-state index contributed by atoms with van der Waals surface area (Å²) >= 11 is 0.177. The van der Waals surface area contributed by atoms with Gasteiger partial charge in [-0.25, -0.2) is 0 Å². The molecule has 3 heteroatoms. The molecule has 0 aromatic carbocycles. The average Bonchev–Trinajstić information content (AvgIpc) is 1.78. The number of nitrogens with zero attached hydrogens (tertiary/aromatic N) is 1. The molecule has 0 fully saturated rings. The van der Waals surface area contributed by atoms with Gasteiger partial charge >= 0.3 is 70.0 Å². The molecule has 0 aromatic rings. The Hall–Kier alpha value is -0.0336. The maximum absolute atomic E-state index is 8.25. The predicted octanol–water partition coefficient (Wildman–Crippen LogP) is 2.02. The average molecular weight is 218 g/mol. The Balaban J connectivity index is 3.49. The molecule has 0 aliphatic rings. The topological polar surface area (TPSA) is 23.8 Å². The zero-order chi connectivity index (χ0) is 8.04. The molecule has 0 unspecified atom stereocenters. The van der Waals surface area contributed by atoms with E-state index in [4.69, 9.17) is 5.26 Å². The number of hydrogen-bond donors (Lipinski definition) is 0. The third-order valence-corrected chi connectivity index (χ3v) is 3.12. The third kappa shape index (κ3) is 7.97. The van der Waals surface area contributed by atoms with Crippen LogP contribution in [0.1, 0.15) is 0 Å². The molecular formula is C7H13NSeSi. The van der Waals surface area contributed by atoms with Crippen LogP contribution in [0.2, 0.25) is 25.0 Å². The first-order valence-corrected chi connectivity index (χ1v) is 8.89. The summed E-state index contributed by atoms with van der Waals surface area (Å²) in [6.45, 7) is 6.88. The normalized spacial score (nSPS) is 11.8. The molecule has 0 N–H and O–H groups in total. The van der Waals surface area contributed by atoms with Crippen LogP contribution in [-0.4, -0.2) is 23.0 Å². The molecule has 0 aromatic heterocycles. The maximum atomic E-state index is 8.25. The van der Waals surface area contributed by atoms with E-state index in [0.717, 1.165) is 5.32 Å². The van der Waals surface area contributed by atoms with E-state index in [1.165, 1.54) is 0 Å². The van der Waals surface area contributed by atoms with Gasteiger partial charge in [0.25, 0.3) is 0 Å². The van der Waals surface area contributed by atoms with Gasteiger partial charge in [-0.05, 0) is 0 Å². The number of allylic oxidation sites excluding steroid dienone is 1. The zero-order valence-corrected chi connectivity index (χ0v) is 9.43. The summed E-state index contributed by atoms with van der Waals surface area (Å²) in [6.07, 6.45) is 2.16. The summed E-state index contributed by atoms with van der Waals surface area (Å²) in [5, 5.41) is 9.23. The van der Waals surface area contributed by atoms with Gasteiger partial charge in [-0.1, -0.05) is 0 Å². The molecule has 0 amide bonds. The first-order valence-electron chi connectivity index (χ1n) is 3.25. The molecule has 56 valence electrons. The number of hydrogen-bond acceptors (Lipinski definition) is 1. The van der Waals surface area contributed by atoms with E-state index in [1.807, 2.05) is 0 Å². The molecule has 0 saturated carbocycles. The van der Waals surface area contributed by atoms with Crippen LogP contribution in [0.3, 0.4) is 0 Å². The fourth-order valence-corrected chi connectivity index (χ4v) is 2.25. The van der Waals surface area contributed by atoms with Crippen LogP contribution in [0, 0.1) is 10.2 Å². The van der Waals surface area contributed by atoms with Crippen LogP contribution >= 0.6 is 0 Å². The summed E-state index contributed by atoms with van der Waals surface area (Å²) in [5.41, 5.74) is 2.30. The van der Waals surface area contributed by atoms with Crippen molar-refractivity contribution in [2.45, 2.75) is 25.0 Å². The number of rotatable bonds is 3.